The van der Waals surface area contributed by atoms with Gasteiger partial charge in [0.1, 0.15) is 0 Å². The van der Waals surface area contributed by atoms with Crippen LogP contribution in [0.15, 0.2) is 18.3 Å². The van der Waals surface area contributed by atoms with E-state index in [0.717, 1.165) is 17.1 Å². The molecular formula is C8H9N5. The zero-order chi connectivity index (χ0) is 9.26. The Kier molecular flexibility index (Phi) is 1.77. The van der Waals surface area contributed by atoms with Crippen LogP contribution in [0, 0.1) is 6.92 Å². The van der Waals surface area contributed by atoms with Gasteiger partial charge in [0, 0.05) is 24.5 Å². The predicted molar refractivity (Wildman–Crippen MR) is 46.8 cm³/mol. The Hall–Kier alpha value is -1.78. The van der Waals surface area contributed by atoms with Crippen molar-refractivity contribution in [1.29, 1.82) is 0 Å². The fourth-order valence-electron chi connectivity index (χ4n) is 1.07. The number of aromatic nitrogens is 5. The highest BCUT2D eigenvalue weighted by molar-refractivity contribution is 5.52. The second-order valence-corrected chi connectivity index (χ2v) is 2.81. The van der Waals surface area contributed by atoms with E-state index in [-0.39, 0.29) is 0 Å². The highest BCUT2D eigenvalue weighted by Gasteiger charge is 2.04. The van der Waals surface area contributed by atoms with Crippen LogP contribution in [0.5, 0.6) is 0 Å². The topological polar surface area (TPSA) is 56.5 Å². The number of hydrogen-bond acceptors (Lipinski definition) is 4. The lowest BCUT2D eigenvalue weighted by atomic mass is 10.2. The highest BCUT2D eigenvalue weighted by atomic mass is 15.5. The Balaban J connectivity index is 2.47. The Morgan fingerprint density at radius 1 is 1.31 bits per heavy atom. The summed E-state index contributed by atoms with van der Waals surface area (Å²) < 4.78 is 1.62. The minimum absolute atomic E-state index is 0.729. The molecule has 0 amide bonds. The molecule has 13 heavy (non-hydrogen) atoms. The van der Waals surface area contributed by atoms with E-state index in [1.807, 2.05) is 19.1 Å². The molecule has 0 N–H and O–H groups in total. The zero-order valence-corrected chi connectivity index (χ0v) is 7.47. The fraction of sp³-hybridized carbons (Fsp3) is 0.250. The first kappa shape index (κ1) is 7.85. The summed E-state index contributed by atoms with van der Waals surface area (Å²) in [6, 6.07) is 3.89. The van der Waals surface area contributed by atoms with Gasteiger partial charge in [-0.3, -0.25) is 4.98 Å². The number of hydrogen-bond donors (Lipinski definition) is 0. The van der Waals surface area contributed by atoms with Gasteiger partial charge in [0.15, 0.2) is 5.82 Å². The third kappa shape index (κ3) is 1.40. The number of pyridine rings is 1. The number of rotatable bonds is 1. The largest absolute Gasteiger partial charge is 0.261 e. The lowest BCUT2D eigenvalue weighted by Crippen LogP contribution is -1.95. The molecule has 2 rings (SSSR count). The van der Waals surface area contributed by atoms with Crippen LogP contribution in [0.1, 0.15) is 5.69 Å². The molecule has 0 saturated carbocycles. The van der Waals surface area contributed by atoms with E-state index >= 15 is 0 Å². The van der Waals surface area contributed by atoms with E-state index in [0.29, 0.717) is 0 Å². The molecule has 0 radical (unpaired) electrons. The van der Waals surface area contributed by atoms with Crippen molar-refractivity contribution in [2.45, 2.75) is 6.92 Å². The first-order valence-electron chi connectivity index (χ1n) is 3.93. The molecule has 0 aliphatic heterocycles. The summed E-state index contributed by atoms with van der Waals surface area (Å²) in [4.78, 5) is 4.17. The minimum atomic E-state index is 0.729. The van der Waals surface area contributed by atoms with Crippen molar-refractivity contribution in [3.8, 4) is 11.4 Å². The van der Waals surface area contributed by atoms with Gasteiger partial charge in [-0.2, -0.15) is 0 Å². The second-order valence-electron chi connectivity index (χ2n) is 2.81. The van der Waals surface area contributed by atoms with Gasteiger partial charge in [-0.1, -0.05) is 0 Å². The SMILES string of the molecule is Cc1ccc(-c2nnnn2C)cn1. The van der Waals surface area contributed by atoms with Crippen molar-refractivity contribution in [3.63, 3.8) is 0 Å². The lowest BCUT2D eigenvalue weighted by molar-refractivity contribution is 0.714. The highest BCUT2D eigenvalue weighted by Crippen LogP contribution is 2.12. The van der Waals surface area contributed by atoms with Gasteiger partial charge >= 0.3 is 0 Å². The Morgan fingerprint density at radius 3 is 2.69 bits per heavy atom. The van der Waals surface area contributed by atoms with E-state index in [2.05, 4.69) is 20.5 Å². The molecule has 2 aromatic heterocycles. The van der Waals surface area contributed by atoms with Crippen LogP contribution in [0.25, 0.3) is 11.4 Å². The average molecular weight is 175 g/mol. The monoisotopic (exact) mass is 175 g/mol. The number of tetrazole rings is 1. The molecule has 0 spiro atoms. The third-order valence-electron chi connectivity index (χ3n) is 1.79. The van der Waals surface area contributed by atoms with Gasteiger partial charge in [-0.25, -0.2) is 4.68 Å². The fourth-order valence-corrected chi connectivity index (χ4v) is 1.07. The molecule has 2 aromatic rings. The minimum Gasteiger partial charge on any atom is -0.261 e. The van der Waals surface area contributed by atoms with Crippen LogP contribution in [-0.4, -0.2) is 25.2 Å². The molecular weight excluding hydrogens is 166 g/mol. The van der Waals surface area contributed by atoms with Gasteiger partial charge in [0.05, 0.1) is 0 Å². The average Bonchev–Trinajstić information content (AvgIpc) is 2.53. The van der Waals surface area contributed by atoms with Gasteiger partial charge in [0.25, 0.3) is 0 Å². The molecule has 5 heteroatoms. The van der Waals surface area contributed by atoms with Crippen LogP contribution >= 0.6 is 0 Å². The van der Waals surface area contributed by atoms with E-state index in [4.69, 9.17) is 0 Å². The van der Waals surface area contributed by atoms with Crippen LogP contribution in [-0.2, 0) is 7.05 Å². The zero-order valence-electron chi connectivity index (χ0n) is 7.47. The molecule has 0 aliphatic rings. The summed E-state index contributed by atoms with van der Waals surface area (Å²) in [7, 11) is 1.80. The Labute approximate surface area is 75.4 Å². The van der Waals surface area contributed by atoms with E-state index in [1.54, 1.807) is 17.9 Å². The molecule has 5 nitrogen and oxygen atoms in total. The van der Waals surface area contributed by atoms with E-state index in [9.17, 15) is 0 Å². The predicted octanol–water partition coefficient (Wildman–Crippen LogP) is 0.581. The standard InChI is InChI=1S/C8H9N5/c1-6-3-4-7(5-9-6)8-10-11-12-13(8)2/h3-5H,1-2H3. The van der Waals surface area contributed by atoms with Crippen molar-refractivity contribution in [2.75, 3.05) is 0 Å². The normalized spacial score (nSPS) is 10.3. The first-order chi connectivity index (χ1) is 6.27. The van der Waals surface area contributed by atoms with Crippen molar-refractivity contribution < 1.29 is 0 Å². The van der Waals surface area contributed by atoms with Crippen LogP contribution in [0.4, 0.5) is 0 Å². The molecule has 0 aromatic carbocycles. The van der Waals surface area contributed by atoms with Crippen molar-refractivity contribution >= 4 is 0 Å². The summed E-state index contributed by atoms with van der Waals surface area (Å²) in [5, 5.41) is 11.2. The van der Waals surface area contributed by atoms with Crippen LogP contribution < -0.4 is 0 Å². The molecule has 0 atom stereocenters. The summed E-state index contributed by atoms with van der Waals surface area (Å²) in [5.74, 6) is 0.729. The molecule has 0 bridgehead atoms. The second kappa shape index (κ2) is 2.93. The smallest absolute Gasteiger partial charge is 0.183 e. The third-order valence-corrected chi connectivity index (χ3v) is 1.79. The van der Waals surface area contributed by atoms with Gasteiger partial charge in [-0.15, -0.1) is 5.10 Å². The maximum Gasteiger partial charge on any atom is 0.183 e. The van der Waals surface area contributed by atoms with Gasteiger partial charge in [-0.05, 0) is 29.5 Å². The van der Waals surface area contributed by atoms with Gasteiger partial charge < -0.3 is 0 Å². The van der Waals surface area contributed by atoms with E-state index in [1.165, 1.54) is 0 Å². The Bertz CT molecular complexity index is 403. The molecule has 0 fully saturated rings. The maximum absolute atomic E-state index is 4.17. The summed E-state index contributed by atoms with van der Waals surface area (Å²) >= 11 is 0. The van der Waals surface area contributed by atoms with E-state index < -0.39 is 0 Å². The summed E-state index contributed by atoms with van der Waals surface area (Å²) in [6.45, 7) is 1.94. The molecule has 0 unspecified atom stereocenters. The van der Waals surface area contributed by atoms with Crippen molar-refractivity contribution in [3.05, 3.63) is 24.0 Å². The molecule has 0 saturated heterocycles. The maximum atomic E-state index is 4.17. The lowest BCUT2D eigenvalue weighted by Gasteiger charge is -1.97. The molecule has 66 valence electrons. The quantitative estimate of drug-likeness (QED) is 0.636. The number of nitrogens with zero attached hydrogens (tertiary/aromatic N) is 5. The van der Waals surface area contributed by atoms with Crippen LogP contribution in [0.3, 0.4) is 0 Å². The van der Waals surface area contributed by atoms with Crippen LogP contribution in [0.2, 0.25) is 0 Å². The Morgan fingerprint density at radius 2 is 2.15 bits per heavy atom. The van der Waals surface area contributed by atoms with Gasteiger partial charge in [0.2, 0.25) is 0 Å². The first-order valence-corrected chi connectivity index (χ1v) is 3.93. The molecule has 0 aliphatic carbocycles. The summed E-state index contributed by atoms with van der Waals surface area (Å²) in [5.41, 5.74) is 1.91. The number of aryl methyl sites for hydroxylation is 2. The summed E-state index contributed by atoms with van der Waals surface area (Å²) in [6.07, 6.45) is 1.76. The van der Waals surface area contributed by atoms with Crippen molar-refractivity contribution in [1.82, 2.24) is 25.2 Å². The van der Waals surface area contributed by atoms with Crippen molar-refractivity contribution in [2.24, 2.45) is 7.05 Å². The molecule has 2 heterocycles.